The maximum absolute atomic E-state index is 10.6. The first-order chi connectivity index (χ1) is 7.75. The van der Waals surface area contributed by atoms with E-state index >= 15 is 0 Å². The van der Waals surface area contributed by atoms with Gasteiger partial charge in [-0.25, -0.2) is 4.68 Å². The van der Waals surface area contributed by atoms with E-state index < -0.39 is 0 Å². The van der Waals surface area contributed by atoms with E-state index in [0.29, 0.717) is 6.54 Å². The van der Waals surface area contributed by atoms with E-state index in [4.69, 9.17) is 0 Å². The molecule has 6 nitrogen and oxygen atoms in total. The highest BCUT2D eigenvalue weighted by Gasteiger charge is 1.99. The molecule has 0 unspecified atom stereocenters. The molecule has 7 heteroatoms. The van der Waals surface area contributed by atoms with Gasteiger partial charge < -0.3 is 5.32 Å². The second kappa shape index (κ2) is 4.75. The Morgan fingerprint density at radius 1 is 1.38 bits per heavy atom. The summed E-state index contributed by atoms with van der Waals surface area (Å²) in [5, 5.41) is 13.1. The van der Waals surface area contributed by atoms with Crippen molar-refractivity contribution in [2.75, 3.05) is 0 Å². The van der Waals surface area contributed by atoms with Gasteiger partial charge in [0.2, 0.25) is 0 Å². The summed E-state index contributed by atoms with van der Waals surface area (Å²) >= 11 is 3.62. The van der Waals surface area contributed by atoms with Crippen molar-refractivity contribution in [2.45, 2.75) is 6.54 Å². The van der Waals surface area contributed by atoms with Crippen LogP contribution in [0.1, 0.15) is 5.56 Å². The largest absolute Gasteiger partial charge is 0.343 e. The van der Waals surface area contributed by atoms with E-state index in [1.165, 1.54) is 6.33 Å². The Labute approximate surface area is 97.1 Å². The molecule has 0 aliphatic rings. The molecule has 0 aliphatic carbocycles. The molecule has 1 aromatic carbocycles. The summed E-state index contributed by atoms with van der Waals surface area (Å²) in [6.45, 7) is 0.457. The fourth-order valence-corrected chi connectivity index (χ4v) is 1.30. The zero-order chi connectivity index (χ0) is 11.4. The molecule has 0 spiro atoms. The number of rotatable bonds is 3. The van der Waals surface area contributed by atoms with Gasteiger partial charge in [0.05, 0.1) is 5.69 Å². The second-order valence-corrected chi connectivity index (χ2v) is 3.49. The SMILES string of the molecule is O=C(S)NCc1ccc(-n2cnnn2)cc1. The lowest BCUT2D eigenvalue weighted by molar-refractivity contribution is 0.260. The molecule has 2 rings (SSSR count). The first-order valence-corrected chi connectivity index (χ1v) is 4.99. The molecule has 0 radical (unpaired) electrons. The van der Waals surface area contributed by atoms with Gasteiger partial charge in [0, 0.05) is 6.54 Å². The Morgan fingerprint density at radius 3 is 2.69 bits per heavy atom. The summed E-state index contributed by atoms with van der Waals surface area (Å²) in [5.41, 5.74) is 1.85. The van der Waals surface area contributed by atoms with Gasteiger partial charge >= 0.3 is 0 Å². The number of nitrogens with one attached hydrogen (secondary N) is 1. The van der Waals surface area contributed by atoms with E-state index in [-0.39, 0.29) is 5.24 Å². The number of hydrogen-bond donors (Lipinski definition) is 2. The van der Waals surface area contributed by atoms with Crippen LogP contribution in [-0.2, 0) is 6.54 Å². The fraction of sp³-hybridized carbons (Fsp3) is 0.111. The summed E-state index contributed by atoms with van der Waals surface area (Å²) in [6, 6.07) is 7.52. The van der Waals surface area contributed by atoms with Crippen LogP contribution in [0.5, 0.6) is 0 Å². The van der Waals surface area contributed by atoms with Gasteiger partial charge in [-0.05, 0) is 28.1 Å². The molecule has 1 N–H and O–H groups in total. The van der Waals surface area contributed by atoms with Crippen LogP contribution in [0.2, 0.25) is 0 Å². The minimum atomic E-state index is -0.343. The van der Waals surface area contributed by atoms with E-state index in [2.05, 4.69) is 33.5 Å². The number of nitrogens with zero attached hydrogens (tertiary/aromatic N) is 4. The second-order valence-electron chi connectivity index (χ2n) is 3.08. The number of carbonyl (C=O) groups excluding carboxylic acids is 1. The van der Waals surface area contributed by atoms with Crippen molar-refractivity contribution in [3.05, 3.63) is 36.2 Å². The number of thiol groups is 1. The minimum absolute atomic E-state index is 0.343. The summed E-state index contributed by atoms with van der Waals surface area (Å²) in [7, 11) is 0. The van der Waals surface area contributed by atoms with E-state index in [0.717, 1.165) is 11.3 Å². The van der Waals surface area contributed by atoms with Crippen molar-refractivity contribution in [3.8, 4) is 5.69 Å². The molecule has 2 aromatic rings. The average molecular weight is 235 g/mol. The fourth-order valence-electron chi connectivity index (χ4n) is 1.22. The number of amides is 1. The summed E-state index contributed by atoms with van der Waals surface area (Å²) in [5.74, 6) is 0. The van der Waals surface area contributed by atoms with Crippen LogP contribution in [0.15, 0.2) is 30.6 Å². The van der Waals surface area contributed by atoms with Crippen LogP contribution in [-0.4, -0.2) is 25.4 Å². The van der Waals surface area contributed by atoms with Crippen molar-refractivity contribution < 1.29 is 4.79 Å². The molecule has 82 valence electrons. The lowest BCUT2D eigenvalue weighted by atomic mass is 10.2. The quantitative estimate of drug-likeness (QED) is 0.772. The molecule has 0 saturated carbocycles. The lowest BCUT2D eigenvalue weighted by Crippen LogP contribution is -2.15. The number of tetrazole rings is 1. The first-order valence-electron chi connectivity index (χ1n) is 4.55. The lowest BCUT2D eigenvalue weighted by Gasteiger charge is -2.03. The summed E-state index contributed by atoms with van der Waals surface area (Å²) < 4.78 is 1.56. The van der Waals surface area contributed by atoms with E-state index in [1.807, 2.05) is 24.3 Å². The third-order valence-electron chi connectivity index (χ3n) is 1.99. The van der Waals surface area contributed by atoms with Gasteiger partial charge in [0.15, 0.2) is 0 Å². The van der Waals surface area contributed by atoms with Crippen LogP contribution in [0.25, 0.3) is 5.69 Å². The first kappa shape index (κ1) is 10.6. The van der Waals surface area contributed by atoms with Crippen LogP contribution in [0.4, 0.5) is 4.79 Å². The number of hydrogen-bond acceptors (Lipinski definition) is 4. The van der Waals surface area contributed by atoms with Crippen molar-refractivity contribution in [3.63, 3.8) is 0 Å². The highest BCUT2D eigenvalue weighted by molar-refractivity contribution is 7.96. The van der Waals surface area contributed by atoms with Gasteiger partial charge in [0.1, 0.15) is 6.33 Å². The normalized spacial score (nSPS) is 10.1. The summed E-state index contributed by atoms with van der Waals surface area (Å²) in [6.07, 6.45) is 1.52. The van der Waals surface area contributed by atoms with Gasteiger partial charge in [-0.1, -0.05) is 24.8 Å². The zero-order valence-corrected chi connectivity index (χ0v) is 9.13. The Kier molecular flexibility index (Phi) is 3.16. The monoisotopic (exact) mass is 235 g/mol. The topological polar surface area (TPSA) is 72.7 Å². The maximum atomic E-state index is 10.6. The molecule has 1 heterocycles. The molecule has 16 heavy (non-hydrogen) atoms. The molecule has 1 amide bonds. The van der Waals surface area contributed by atoms with Crippen molar-refractivity contribution in [2.24, 2.45) is 0 Å². The predicted molar refractivity (Wildman–Crippen MR) is 60.4 cm³/mol. The molecule has 0 saturated heterocycles. The minimum Gasteiger partial charge on any atom is -0.343 e. The molecule has 1 aromatic heterocycles. The van der Waals surface area contributed by atoms with Crippen molar-refractivity contribution >= 4 is 17.9 Å². The number of benzene rings is 1. The number of carbonyl (C=O) groups is 1. The van der Waals surface area contributed by atoms with E-state index in [9.17, 15) is 4.79 Å². The van der Waals surface area contributed by atoms with Gasteiger partial charge in [0.25, 0.3) is 5.24 Å². The molecule has 0 fully saturated rings. The third-order valence-corrected chi connectivity index (χ3v) is 2.15. The predicted octanol–water partition coefficient (Wildman–Crippen LogP) is 0.802. The Morgan fingerprint density at radius 2 is 2.12 bits per heavy atom. The van der Waals surface area contributed by atoms with Crippen molar-refractivity contribution in [1.29, 1.82) is 0 Å². The average Bonchev–Trinajstić information content (AvgIpc) is 2.80. The van der Waals surface area contributed by atoms with Gasteiger partial charge in [-0.15, -0.1) is 5.10 Å². The zero-order valence-electron chi connectivity index (χ0n) is 8.24. The molecule has 0 bridgehead atoms. The Bertz CT molecular complexity index is 467. The van der Waals surface area contributed by atoms with Gasteiger partial charge in [-0.2, -0.15) is 0 Å². The maximum Gasteiger partial charge on any atom is 0.276 e. The standard InChI is InChI=1S/C9H9N5OS/c15-9(16)10-5-7-1-3-8(4-2-7)14-6-11-12-13-14/h1-4,6H,5H2,(H2,10,15,16). The highest BCUT2D eigenvalue weighted by atomic mass is 32.1. The van der Waals surface area contributed by atoms with Crippen molar-refractivity contribution in [1.82, 2.24) is 25.5 Å². The van der Waals surface area contributed by atoms with Crippen LogP contribution in [0, 0.1) is 0 Å². The highest BCUT2D eigenvalue weighted by Crippen LogP contribution is 2.07. The molecular weight excluding hydrogens is 226 g/mol. The molecule has 0 atom stereocenters. The summed E-state index contributed by atoms with van der Waals surface area (Å²) in [4.78, 5) is 10.6. The Hall–Kier alpha value is -1.89. The van der Waals surface area contributed by atoms with Gasteiger partial charge in [-0.3, -0.25) is 4.79 Å². The Balaban J connectivity index is 2.08. The van der Waals surface area contributed by atoms with Crippen LogP contribution >= 0.6 is 12.6 Å². The number of aromatic nitrogens is 4. The molecular formula is C9H9N5OS. The van der Waals surface area contributed by atoms with E-state index in [1.54, 1.807) is 4.68 Å². The molecule has 0 aliphatic heterocycles. The van der Waals surface area contributed by atoms with Crippen LogP contribution < -0.4 is 5.32 Å². The third kappa shape index (κ3) is 2.57. The smallest absolute Gasteiger partial charge is 0.276 e. The van der Waals surface area contributed by atoms with Crippen LogP contribution in [0.3, 0.4) is 0 Å².